The van der Waals surface area contributed by atoms with Gasteiger partial charge in [-0.1, -0.05) is 53.3 Å². The van der Waals surface area contributed by atoms with Crippen molar-refractivity contribution in [1.29, 1.82) is 0 Å². The van der Waals surface area contributed by atoms with E-state index in [9.17, 15) is 4.79 Å². The van der Waals surface area contributed by atoms with Crippen molar-refractivity contribution in [1.82, 2.24) is 9.88 Å². The van der Waals surface area contributed by atoms with Crippen molar-refractivity contribution in [3.8, 4) is 0 Å². The number of aryl methyl sites for hydroxylation is 1. The van der Waals surface area contributed by atoms with Crippen molar-refractivity contribution in [2.45, 2.75) is 13.3 Å². The zero-order valence-corrected chi connectivity index (χ0v) is 16.2. The Hall–Kier alpha value is -2.11. The molecule has 0 saturated carbocycles. The van der Waals surface area contributed by atoms with Gasteiger partial charge in [-0.2, -0.15) is 0 Å². The minimum Gasteiger partial charge on any atom is -0.345 e. The lowest BCUT2D eigenvalue weighted by Crippen LogP contribution is -2.49. The summed E-state index contributed by atoms with van der Waals surface area (Å²) in [6, 6.07) is 13.9. The van der Waals surface area contributed by atoms with Crippen LogP contribution in [0.15, 0.2) is 42.5 Å². The number of carbonyl (C=O) groups excluding carboxylic acids is 1. The standard InChI is InChI=1S/C20H20ClN3OS/c1-14-16(21)7-8-17-19(14)22-20(26-17)24-11-9-23(10-12-24)18(25)13-15-5-3-2-4-6-15/h2-8H,9-13H2,1H3. The lowest BCUT2D eigenvalue weighted by molar-refractivity contribution is -0.130. The molecule has 0 N–H and O–H groups in total. The van der Waals surface area contributed by atoms with Crippen LogP contribution >= 0.6 is 22.9 Å². The molecule has 0 atom stereocenters. The van der Waals surface area contributed by atoms with Crippen LogP contribution in [0.2, 0.25) is 5.02 Å². The van der Waals surface area contributed by atoms with Gasteiger partial charge in [0.15, 0.2) is 5.13 Å². The summed E-state index contributed by atoms with van der Waals surface area (Å²) in [5.74, 6) is 0.197. The maximum Gasteiger partial charge on any atom is 0.227 e. The van der Waals surface area contributed by atoms with E-state index in [4.69, 9.17) is 16.6 Å². The van der Waals surface area contributed by atoms with Gasteiger partial charge in [0.05, 0.1) is 16.6 Å². The number of benzene rings is 2. The van der Waals surface area contributed by atoms with Crippen molar-refractivity contribution in [2.75, 3.05) is 31.1 Å². The molecule has 0 bridgehead atoms. The van der Waals surface area contributed by atoms with Gasteiger partial charge in [-0.15, -0.1) is 0 Å². The summed E-state index contributed by atoms with van der Waals surface area (Å²) >= 11 is 7.90. The Bertz CT molecular complexity index is 933. The molecular formula is C20H20ClN3OS. The van der Waals surface area contributed by atoms with Crippen LogP contribution in [0.5, 0.6) is 0 Å². The van der Waals surface area contributed by atoms with Crippen LogP contribution in [0.1, 0.15) is 11.1 Å². The molecule has 0 radical (unpaired) electrons. The number of nitrogens with zero attached hydrogens (tertiary/aromatic N) is 3. The van der Waals surface area contributed by atoms with Crippen LogP contribution < -0.4 is 4.90 Å². The molecule has 3 aromatic rings. The third kappa shape index (κ3) is 3.41. The van der Waals surface area contributed by atoms with E-state index >= 15 is 0 Å². The molecule has 4 rings (SSSR count). The fourth-order valence-electron chi connectivity index (χ4n) is 3.25. The first-order valence-corrected chi connectivity index (χ1v) is 9.93. The average Bonchev–Trinajstić information content (AvgIpc) is 3.11. The van der Waals surface area contributed by atoms with Gasteiger partial charge in [0.25, 0.3) is 0 Å². The quantitative estimate of drug-likeness (QED) is 0.679. The highest BCUT2D eigenvalue weighted by atomic mass is 35.5. The first-order valence-electron chi connectivity index (χ1n) is 8.74. The maximum atomic E-state index is 12.5. The number of anilines is 1. The predicted molar refractivity (Wildman–Crippen MR) is 108 cm³/mol. The Balaban J connectivity index is 1.42. The van der Waals surface area contributed by atoms with Gasteiger partial charge in [0.2, 0.25) is 5.91 Å². The number of carbonyl (C=O) groups is 1. The highest BCUT2D eigenvalue weighted by Crippen LogP contribution is 2.33. The van der Waals surface area contributed by atoms with Crippen molar-refractivity contribution >= 4 is 44.2 Å². The molecule has 134 valence electrons. The molecule has 4 nitrogen and oxygen atoms in total. The largest absolute Gasteiger partial charge is 0.345 e. The van der Waals surface area contributed by atoms with Crippen molar-refractivity contribution in [2.24, 2.45) is 0 Å². The van der Waals surface area contributed by atoms with Crippen LogP contribution in [-0.2, 0) is 11.2 Å². The Kier molecular flexibility index (Phi) is 4.83. The zero-order chi connectivity index (χ0) is 18.1. The number of fused-ring (bicyclic) bond motifs is 1. The summed E-state index contributed by atoms with van der Waals surface area (Å²) in [6.07, 6.45) is 0.472. The van der Waals surface area contributed by atoms with Crippen molar-refractivity contribution < 1.29 is 4.79 Å². The fraction of sp³-hybridized carbons (Fsp3) is 0.300. The maximum absolute atomic E-state index is 12.5. The van der Waals surface area contributed by atoms with Crippen LogP contribution in [0, 0.1) is 6.92 Å². The minimum absolute atomic E-state index is 0.197. The number of aromatic nitrogens is 1. The average molecular weight is 386 g/mol. The SMILES string of the molecule is Cc1c(Cl)ccc2sc(N3CCN(C(=O)Cc4ccccc4)CC3)nc12. The molecule has 6 heteroatoms. The van der Waals surface area contributed by atoms with E-state index in [1.54, 1.807) is 11.3 Å². The number of halogens is 1. The Morgan fingerprint density at radius 3 is 2.58 bits per heavy atom. The van der Waals surface area contributed by atoms with Gasteiger partial charge < -0.3 is 9.80 Å². The second-order valence-electron chi connectivity index (χ2n) is 6.55. The second-order valence-corrected chi connectivity index (χ2v) is 7.96. The normalized spacial score (nSPS) is 14.8. The van der Waals surface area contributed by atoms with Crippen LogP contribution in [0.4, 0.5) is 5.13 Å². The van der Waals surface area contributed by atoms with Gasteiger partial charge in [-0.05, 0) is 30.2 Å². The second kappa shape index (κ2) is 7.25. The smallest absolute Gasteiger partial charge is 0.227 e. The van der Waals surface area contributed by atoms with Gasteiger partial charge in [-0.25, -0.2) is 4.98 Å². The predicted octanol–water partition coefficient (Wildman–Crippen LogP) is 4.15. The topological polar surface area (TPSA) is 36.4 Å². The van der Waals surface area contributed by atoms with Gasteiger partial charge >= 0.3 is 0 Å². The Morgan fingerprint density at radius 1 is 1.12 bits per heavy atom. The molecule has 1 aliphatic rings. The number of piperazine rings is 1. The molecular weight excluding hydrogens is 366 g/mol. The highest BCUT2D eigenvalue weighted by molar-refractivity contribution is 7.22. The molecule has 1 aliphatic heterocycles. The molecule has 1 fully saturated rings. The van der Waals surface area contributed by atoms with Crippen LogP contribution in [0.25, 0.3) is 10.2 Å². The number of thiazole rings is 1. The van der Waals surface area contributed by atoms with Crippen LogP contribution in [0.3, 0.4) is 0 Å². The summed E-state index contributed by atoms with van der Waals surface area (Å²) in [6.45, 7) is 5.11. The van der Waals surface area contributed by atoms with E-state index in [0.717, 1.165) is 57.7 Å². The zero-order valence-electron chi connectivity index (χ0n) is 14.6. The van der Waals surface area contributed by atoms with E-state index in [1.165, 1.54) is 0 Å². The number of hydrogen-bond donors (Lipinski definition) is 0. The van der Waals surface area contributed by atoms with E-state index in [-0.39, 0.29) is 5.91 Å². The molecule has 1 aromatic heterocycles. The summed E-state index contributed by atoms with van der Waals surface area (Å²) in [5.41, 5.74) is 3.09. The van der Waals surface area contributed by atoms with E-state index in [0.29, 0.717) is 6.42 Å². The molecule has 2 heterocycles. The Labute approximate surface area is 162 Å². The van der Waals surface area contributed by atoms with Crippen molar-refractivity contribution in [3.05, 3.63) is 58.6 Å². The first-order chi connectivity index (χ1) is 12.6. The molecule has 1 saturated heterocycles. The number of hydrogen-bond acceptors (Lipinski definition) is 4. The number of rotatable bonds is 3. The van der Waals surface area contributed by atoms with Gasteiger partial charge in [-0.3, -0.25) is 4.79 Å². The fourth-order valence-corrected chi connectivity index (χ4v) is 4.48. The summed E-state index contributed by atoms with van der Waals surface area (Å²) in [5, 5.41) is 1.77. The highest BCUT2D eigenvalue weighted by Gasteiger charge is 2.23. The lowest BCUT2D eigenvalue weighted by atomic mass is 10.1. The van der Waals surface area contributed by atoms with Gasteiger partial charge in [0, 0.05) is 31.2 Å². The van der Waals surface area contributed by atoms with E-state index in [1.807, 2.05) is 54.3 Å². The summed E-state index contributed by atoms with van der Waals surface area (Å²) in [4.78, 5) is 21.5. The van der Waals surface area contributed by atoms with E-state index < -0.39 is 0 Å². The molecule has 0 spiro atoms. The van der Waals surface area contributed by atoms with E-state index in [2.05, 4.69) is 4.90 Å². The Morgan fingerprint density at radius 2 is 1.85 bits per heavy atom. The summed E-state index contributed by atoms with van der Waals surface area (Å²) < 4.78 is 1.16. The molecule has 0 unspecified atom stereocenters. The van der Waals surface area contributed by atoms with Gasteiger partial charge in [0.1, 0.15) is 0 Å². The van der Waals surface area contributed by atoms with Crippen LogP contribution in [-0.4, -0.2) is 42.0 Å². The third-order valence-electron chi connectivity index (χ3n) is 4.84. The molecule has 1 amide bonds. The summed E-state index contributed by atoms with van der Waals surface area (Å²) in [7, 11) is 0. The first kappa shape index (κ1) is 17.3. The monoisotopic (exact) mass is 385 g/mol. The lowest BCUT2D eigenvalue weighted by Gasteiger charge is -2.34. The molecule has 0 aliphatic carbocycles. The van der Waals surface area contributed by atoms with Crippen molar-refractivity contribution in [3.63, 3.8) is 0 Å². The third-order valence-corrected chi connectivity index (χ3v) is 6.33. The minimum atomic E-state index is 0.197. The number of amides is 1. The molecule has 26 heavy (non-hydrogen) atoms. The molecule has 2 aromatic carbocycles.